The Morgan fingerprint density at radius 1 is 1.25 bits per heavy atom. The number of hydrogen-bond donors (Lipinski definition) is 1. The number of rotatable bonds is 3. The molecule has 1 heterocycles. The maximum absolute atomic E-state index is 14.1. The summed E-state index contributed by atoms with van der Waals surface area (Å²) in [5.74, 6) is -0.251. The molecule has 2 aromatic rings. The van der Waals surface area contributed by atoms with Gasteiger partial charge in [-0.15, -0.1) is 0 Å². The first-order valence-corrected chi connectivity index (χ1v) is 7.11. The van der Waals surface area contributed by atoms with Gasteiger partial charge < -0.3 is 5.32 Å². The lowest BCUT2D eigenvalue weighted by Gasteiger charge is -2.20. The molecule has 0 bridgehead atoms. The third kappa shape index (κ3) is 3.15. The predicted molar refractivity (Wildman–Crippen MR) is 82.4 cm³/mol. The van der Waals surface area contributed by atoms with Crippen molar-refractivity contribution in [3.8, 4) is 0 Å². The number of benzene rings is 1. The molecule has 20 heavy (non-hydrogen) atoms. The van der Waals surface area contributed by atoms with E-state index in [0.717, 1.165) is 23.2 Å². The first kappa shape index (κ1) is 14.9. The van der Waals surface area contributed by atoms with Gasteiger partial charge in [0.2, 0.25) is 0 Å². The molecule has 0 aliphatic rings. The van der Waals surface area contributed by atoms with Crippen LogP contribution in [0.25, 0.3) is 10.9 Å². The number of hydrogen-bond acceptors (Lipinski definition) is 2. The van der Waals surface area contributed by atoms with Crippen molar-refractivity contribution in [2.45, 2.75) is 52.6 Å². The summed E-state index contributed by atoms with van der Waals surface area (Å²) in [5.41, 5.74) is 2.41. The Morgan fingerprint density at radius 2 is 1.95 bits per heavy atom. The van der Waals surface area contributed by atoms with Crippen molar-refractivity contribution in [1.82, 2.24) is 10.3 Å². The summed E-state index contributed by atoms with van der Waals surface area (Å²) in [5, 5.41) is 4.30. The Labute approximate surface area is 120 Å². The lowest BCUT2D eigenvalue weighted by molar-refractivity contribution is 0.562. The van der Waals surface area contributed by atoms with Crippen LogP contribution in [0.2, 0.25) is 0 Å². The van der Waals surface area contributed by atoms with Gasteiger partial charge in [-0.25, -0.2) is 9.37 Å². The molecule has 0 fully saturated rings. The number of aromatic nitrogens is 1. The van der Waals surface area contributed by atoms with Crippen LogP contribution in [0.15, 0.2) is 24.3 Å². The van der Waals surface area contributed by atoms with Crippen LogP contribution >= 0.6 is 0 Å². The monoisotopic (exact) mass is 274 g/mol. The van der Waals surface area contributed by atoms with Crippen LogP contribution in [0.1, 0.15) is 45.9 Å². The van der Waals surface area contributed by atoms with E-state index >= 15 is 0 Å². The van der Waals surface area contributed by atoms with E-state index in [1.807, 2.05) is 6.07 Å². The van der Waals surface area contributed by atoms with Gasteiger partial charge in [0.05, 0.1) is 0 Å². The fourth-order valence-electron chi connectivity index (χ4n) is 2.13. The minimum atomic E-state index is -0.251. The lowest BCUT2D eigenvalue weighted by atomic mass is 9.89. The van der Waals surface area contributed by atoms with Gasteiger partial charge in [-0.3, -0.25) is 0 Å². The fourth-order valence-corrected chi connectivity index (χ4v) is 2.13. The molecule has 0 atom stereocenters. The Kier molecular flexibility index (Phi) is 4.09. The zero-order valence-electron chi connectivity index (χ0n) is 12.9. The summed E-state index contributed by atoms with van der Waals surface area (Å²) in [7, 11) is 0. The Hall–Kier alpha value is -1.48. The van der Waals surface area contributed by atoms with E-state index < -0.39 is 0 Å². The highest BCUT2D eigenvalue weighted by Crippen LogP contribution is 2.27. The Balaban J connectivity index is 2.60. The fraction of sp³-hybridized carbons (Fsp3) is 0.471. The molecule has 0 saturated heterocycles. The summed E-state index contributed by atoms with van der Waals surface area (Å²) >= 11 is 0. The molecule has 108 valence electrons. The number of para-hydroxylation sites is 1. The standard InChI is InChI=1S/C17H23FN2/c1-11(2)19-10-12-9-15(17(3,4)5)20-16-13(12)7-6-8-14(16)18/h6-9,11,19H,10H2,1-5H3. The minimum absolute atomic E-state index is 0.0942. The second-order valence-corrected chi connectivity index (χ2v) is 6.59. The average molecular weight is 274 g/mol. The molecule has 0 amide bonds. The Bertz CT molecular complexity index is 612. The van der Waals surface area contributed by atoms with Crippen molar-refractivity contribution in [2.75, 3.05) is 0 Å². The third-order valence-electron chi connectivity index (χ3n) is 3.35. The van der Waals surface area contributed by atoms with E-state index in [0.29, 0.717) is 11.6 Å². The maximum Gasteiger partial charge on any atom is 0.149 e. The zero-order chi connectivity index (χ0) is 14.9. The summed E-state index contributed by atoms with van der Waals surface area (Å²) < 4.78 is 14.1. The predicted octanol–water partition coefficient (Wildman–Crippen LogP) is 4.17. The molecular weight excluding hydrogens is 251 g/mol. The van der Waals surface area contributed by atoms with Crippen LogP contribution < -0.4 is 5.32 Å². The highest BCUT2D eigenvalue weighted by atomic mass is 19.1. The van der Waals surface area contributed by atoms with Crippen LogP contribution in [0, 0.1) is 5.82 Å². The largest absolute Gasteiger partial charge is 0.310 e. The molecular formula is C17H23FN2. The smallest absolute Gasteiger partial charge is 0.149 e. The third-order valence-corrected chi connectivity index (χ3v) is 3.35. The second-order valence-electron chi connectivity index (χ2n) is 6.59. The molecule has 0 aliphatic carbocycles. The van der Waals surface area contributed by atoms with Crippen LogP contribution in [0.5, 0.6) is 0 Å². The second kappa shape index (κ2) is 5.49. The van der Waals surface area contributed by atoms with Gasteiger partial charge in [0.15, 0.2) is 0 Å². The van der Waals surface area contributed by atoms with Crippen molar-refractivity contribution in [1.29, 1.82) is 0 Å². The molecule has 1 aromatic heterocycles. The molecule has 2 rings (SSSR count). The van der Waals surface area contributed by atoms with Crippen molar-refractivity contribution in [3.63, 3.8) is 0 Å². The normalized spacial score (nSPS) is 12.3. The molecule has 1 aromatic carbocycles. The Morgan fingerprint density at radius 3 is 2.55 bits per heavy atom. The number of nitrogens with one attached hydrogen (secondary N) is 1. The van der Waals surface area contributed by atoms with Crippen LogP contribution in [-0.2, 0) is 12.0 Å². The van der Waals surface area contributed by atoms with Crippen LogP contribution in [-0.4, -0.2) is 11.0 Å². The van der Waals surface area contributed by atoms with Gasteiger partial charge in [-0.1, -0.05) is 46.8 Å². The summed E-state index contributed by atoms with van der Waals surface area (Å²) in [6, 6.07) is 7.65. The molecule has 0 unspecified atom stereocenters. The molecule has 3 heteroatoms. The number of pyridine rings is 1. The van der Waals surface area contributed by atoms with Gasteiger partial charge in [0.1, 0.15) is 11.3 Å². The van der Waals surface area contributed by atoms with Gasteiger partial charge in [-0.05, 0) is 17.7 Å². The lowest BCUT2D eigenvalue weighted by Crippen LogP contribution is -2.23. The molecule has 2 nitrogen and oxygen atoms in total. The number of fused-ring (bicyclic) bond motifs is 1. The van der Waals surface area contributed by atoms with Crippen molar-refractivity contribution < 1.29 is 4.39 Å². The molecule has 0 aliphatic heterocycles. The van der Waals surface area contributed by atoms with E-state index in [-0.39, 0.29) is 11.2 Å². The number of nitrogens with zero attached hydrogens (tertiary/aromatic N) is 1. The van der Waals surface area contributed by atoms with E-state index in [4.69, 9.17) is 0 Å². The highest BCUT2D eigenvalue weighted by Gasteiger charge is 2.19. The molecule has 0 radical (unpaired) electrons. The van der Waals surface area contributed by atoms with Crippen molar-refractivity contribution >= 4 is 10.9 Å². The van der Waals surface area contributed by atoms with Gasteiger partial charge in [-0.2, -0.15) is 0 Å². The van der Waals surface area contributed by atoms with E-state index in [1.165, 1.54) is 6.07 Å². The highest BCUT2D eigenvalue weighted by molar-refractivity contribution is 5.83. The first-order valence-electron chi connectivity index (χ1n) is 7.11. The number of halogens is 1. The average Bonchev–Trinajstić information content (AvgIpc) is 2.35. The SMILES string of the molecule is CC(C)NCc1cc(C(C)(C)C)nc2c(F)cccc12. The van der Waals surface area contributed by atoms with E-state index in [1.54, 1.807) is 6.07 Å². The first-order chi connectivity index (χ1) is 9.29. The quantitative estimate of drug-likeness (QED) is 0.908. The summed E-state index contributed by atoms with van der Waals surface area (Å²) in [6.45, 7) is 11.2. The van der Waals surface area contributed by atoms with Crippen LogP contribution in [0.3, 0.4) is 0 Å². The summed E-state index contributed by atoms with van der Waals surface area (Å²) in [6.07, 6.45) is 0. The summed E-state index contributed by atoms with van der Waals surface area (Å²) in [4.78, 5) is 4.53. The van der Waals surface area contributed by atoms with Crippen molar-refractivity contribution in [3.05, 3.63) is 41.3 Å². The molecule has 0 saturated carbocycles. The van der Waals surface area contributed by atoms with E-state index in [9.17, 15) is 4.39 Å². The maximum atomic E-state index is 14.1. The van der Waals surface area contributed by atoms with Gasteiger partial charge >= 0.3 is 0 Å². The zero-order valence-corrected chi connectivity index (χ0v) is 12.9. The van der Waals surface area contributed by atoms with Crippen molar-refractivity contribution in [2.24, 2.45) is 0 Å². The molecule has 0 spiro atoms. The van der Waals surface area contributed by atoms with Crippen LogP contribution in [0.4, 0.5) is 4.39 Å². The van der Waals surface area contributed by atoms with Gasteiger partial charge in [0.25, 0.3) is 0 Å². The van der Waals surface area contributed by atoms with Gasteiger partial charge in [0, 0.05) is 29.1 Å². The molecule has 1 N–H and O–H groups in total. The minimum Gasteiger partial charge on any atom is -0.310 e. The van der Waals surface area contributed by atoms with E-state index in [2.05, 4.69) is 51.0 Å². The topological polar surface area (TPSA) is 24.9 Å².